The van der Waals surface area contributed by atoms with E-state index in [2.05, 4.69) is 17.0 Å². The van der Waals surface area contributed by atoms with E-state index in [9.17, 15) is 13.2 Å². The SMILES string of the molecule is COC(=O)C1(c2ccccc2)CCN(CC[C@@H](CN(C)S(=O)(=O)c2ccccc2)c2ccccc2)CC1. The molecule has 1 fully saturated rings. The summed E-state index contributed by atoms with van der Waals surface area (Å²) in [6.07, 6.45) is 2.21. The third-order valence-electron chi connectivity index (χ3n) is 7.61. The Morgan fingerprint density at radius 1 is 0.919 bits per heavy atom. The maximum atomic E-state index is 13.2. The first-order valence-electron chi connectivity index (χ1n) is 12.8. The van der Waals surface area contributed by atoms with Crippen LogP contribution in [0.2, 0.25) is 0 Å². The van der Waals surface area contributed by atoms with E-state index in [0.717, 1.165) is 37.2 Å². The normalized spacial score (nSPS) is 16.8. The highest BCUT2D eigenvalue weighted by atomic mass is 32.2. The van der Waals surface area contributed by atoms with Gasteiger partial charge < -0.3 is 9.64 Å². The second-order valence-electron chi connectivity index (χ2n) is 9.78. The van der Waals surface area contributed by atoms with Crippen molar-refractivity contribution in [2.75, 3.05) is 40.3 Å². The minimum Gasteiger partial charge on any atom is -0.468 e. The molecule has 1 heterocycles. The highest BCUT2D eigenvalue weighted by molar-refractivity contribution is 7.89. The van der Waals surface area contributed by atoms with Crippen molar-refractivity contribution in [1.82, 2.24) is 9.21 Å². The van der Waals surface area contributed by atoms with Crippen LogP contribution in [0.5, 0.6) is 0 Å². The Labute approximate surface area is 220 Å². The smallest absolute Gasteiger partial charge is 0.316 e. The largest absolute Gasteiger partial charge is 0.468 e. The first-order chi connectivity index (χ1) is 17.9. The predicted molar refractivity (Wildman–Crippen MR) is 146 cm³/mol. The van der Waals surface area contributed by atoms with Crippen molar-refractivity contribution in [3.63, 3.8) is 0 Å². The number of hydrogen-bond acceptors (Lipinski definition) is 5. The van der Waals surface area contributed by atoms with Gasteiger partial charge in [-0.3, -0.25) is 4.79 Å². The number of esters is 1. The van der Waals surface area contributed by atoms with Crippen molar-refractivity contribution in [3.05, 3.63) is 102 Å². The molecule has 0 radical (unpaired) electrons. The molecule has 4 rings (SSSR count). The molecule has 6 nitrogen and oxygen atoms in total. The quantitative estimate of drug-likeness (QED) is 0.363. The molecule has 1 aliphatic heterocycles. The highest BCUT2D eigenvalue weighted by Crippen LogP contribution is 2.37. The van der Waals surface area contributed by atoms with Gasteiger partial charge >= 0.3 is 5.97 Å². The van der Waals surface area contributed by atoms with Gasteiger partial charge in [-0.2, -0.15) is 0 Å². The number of benzene rings is 3. The molecular formula is C30H36N2O4S. The van der Waals surface area contributed by atoms with Crippen molar-refractivity contribution in [2.24, 2.45) is 0 Å². The predicted octanol–water partition coefficient (Wildman–Crippen LogP) is 4.69. The zero-order chi connectivity index (χ0) is 26.3. The maximum Gasteiger partial charge on any atom is 0.316 e. The number of piperidine rings is 1. The first kappa shape index (κ1) is 27.0. The number of likely N-dealkylation sites (tertiary alicyclic amines) is 1. The van der Waals surface area contributed by atoms with Crippen LogP contribution in [0.3, 0.4) is 0 Å². The van der Waals surface area contributed by atoms with Gasteiger partial charge in [-0.1, -0.05) is 78.9 Å². The zero-order valence-electron chi connectivity index (χ0n) is 21.6. The summed E-state index contributed by atoms with van der Waals surface area (Å²) < 4.78 is 33.0. The summed E-state index contributed by atoms with van der Waals surface area (Å²) in [6, 6.07) is 28.6. The lowest BCUT2D eigenvalue weighted by molar-refractivity contribution is -0.149. The Hall–Kier alpha value is -3.00. The molecule has 196 valence electrons. The number of rotatable bonds is 10. The molecule has 1 aliphatic rings. The molecule has 0 aromatic heterocycles. The number of hydrogen-bond donors (Lipinski definition) is 0. The summed E-state index contributed by atoms with van der Waals surface area (Å²) >= 11 is 0. The number of carbonyl (C=O) groups excluding carboxylic acids is 1. The molecule has 0 amide bonds. The van der Waals surface area contributed by atoms with Crippen LogP contribution in [0.4, 0.5) is 0 Å². The van der Waals surface area contributed by atoms with Gasteiger partial charge in [-0.15, -0.1) is 0 Å². The molecule has 0 unspecified atom stereocenters. The molecule has 0 saturated carbocycles. The van der Waals surface area contributed by atoms with Gasteiger partial charge in [0.1, 0.15) is 0 Å². The number of likely N-dealkylation sites (N-methyl/N-ethyl adjacent to an activating group) is 1. The standard InChI is InChI=1S/C30H36N2O4S/c1-31(37(34,35)28-16-10-5-11-17-28)24-26(25-12-6-3-7-13-25)18-21-32-22-19-30(20-23-32,29(33)36-2)27-14-8-4-9-15-27/h3-17,26H,18-24H2,1-2H3/t26-/m0/s1. The molecule has 3 aromatic carbocycles. The molecule has 0 spiro atoms. The topological polar surface area (TPSA) is 66.9 Å². The average Bonchev–Trinajstić information content (AvgIpc) is 2.96. The number of sulfonamides is 1. The first-order valence-corrected chi connectivity index (χ1v) is 14.2. The molecule has 7 heteroatoms. The van der Waals surface area contributed by atoms with E-state index < -0.39 is 15.4 Å². The van der Waals surface area contributed by atoms with E-state index in [-0.39, 0.29) is 11.9 Å². The third-order valence-corrected chi connectivity index (χ3v) is 9.44. The van der Waals surface area contributed by atoms with Crippen LogP contribution in [0.25, 0.3) is 0 Å². The van der Waals surface area contributed by atoms with E-state index >= 15 is 0 Å². The van der Waals surface area contributed by atoms with E-state index in [1.807, 2.05) is 54.6 Å². The summed E-state index contributed by atoms with van der Waals surface area (Å²) in [6.45, 7) is 2.78. The van der Waals surface area contributed by atoms with E-state index in [1.54, 1.807) is 31.3 Å². The van der Waals surface area contributed by atoms with Crippen molar-refractivity contribution < 1.29 is 17.9 Å². The number of methoxy groups -OCH3 is 1. The highest BCUT2D eigenvalue weighted by Gasteiger charge is 2.43. The molecule has 1 atom stereocenters. The lowest BCUT2D eigenvalue weighted by atomic mass is 9.72. The fourth-order valence-electron chi connectivity index (χ4n) is 5.33. The van der Waals surface area contributed by atoms with Crippen LogP contribution < -0.4 is 0 Å². The molecule has 0 N–H and O–H groups in total. The summed E-state index contributed by atoms with van der Waals surface area (Å²) in [5.41, 5.74) is 1.52. The molecule has 0 aliphatic carbocycles. The van der Waals surface area contributed by atoms with Crippen molar-refractivity contribution in [1.29, 1.82) is 0 Å². The van der Waals surface area contributed by atoms with Crippen molar-refractivity contribution in [3.8, 4) is 0 Å². The van der Waals surface area contributed by atoms with Crippen LogP contribution in [0.1, 0.15) is 36.3 Å². The van der Waals surface area contributed by atoms with Crippen LogP contribution >= 0.6 is 0 Å². The molecular weight excluding hydrogens is 484 g/mol. The summed E-state index contributed by atoms with van der Waals surface area (Å²) in [7, 11) is -0.457. The Morgan fingerprint density at radius 2 is 1.46 bits per heavy atom. The average molecular weight is 521 g/mol. The van der Waals surface area contributed by atoms with Gasteiger partial charge in [0.2, 0.25) is 10.0 Å². The minimum absolute atomic E-state index is 0.0473. The van der Waals surface area contributed by atoms with E-state index in [1.165, 1.54) is 11.4 Å². The monoisotopic (exact) mass is 520 g/mol. The number of carbonyl (C=O) groups is 1. The van der Waals surface area contributed by atoms with Crippen LogP contribution in [0.15, 0.2) is 95.9 Å². The Bertz CT molecular complexity index is 1240. The summed E-state index contributed by atoms with van der Waals surface area (Å²) in [5, 5.41) is 0. The van der Waals surface area contributed by atoms with Gasteiger partial charge in [0, 0.05) is 13.6 Å². The number of ether oxygens (including phenoxy) is 1. The Balaban J connectivity index is 1.45. The second kappa shape index (κ2) is 12.0. The minimum atomic E-state index is -3.58. The van der Waals surface area contributed by atoms with Gasteiger partial charge in [0.05, 0.1) is 17.4 Å². The van der Waals surface area contributed by atoms with Gasteiger partial charge in [-0.25, -0.2) is 12.7 Å². The van der Waals surface area contributed by atoms with Crippen LogP contribution in [-0.4, -0.2) is 63.9 Å². The van der Waals surface area contributed by atoms with Crippen molar-refractivity contribution in [2.45, 2.75) is 35.5 Å². The fourth-order valence-corrected chi connectivity index (χ4v) is 6.57. The maximum absolute atomic E-state index is 13.2. The Kier molecular flexibility index (Phi) is 8.79. The molecule has 1 saturated heterocycles. The van der Waals surface area contributed by atoms with E-state index in [0.29, 0.717) is 24.3 Å². The molecule has 3 aromatic rings. The summed E-state index contributed by atoms with van der Waals surface area (Å²) in [5.74, 6) is -0.126. The van der Waals surface area contributed by atoms with Crippen LogP contribution in [-0.2, 0) is 25.0 Å². The van der Waals surface area contributed by atoms with Gasteiger partial charge in [0.15, 0.2) is 0 Å². The number of nitrogens with zero attached hydrogens (tertiary/aromatic N) is 2. The van der Waals surface area contributed by atoms with Gasteiger partial charge in [-0.05, 0) is 68.1 Å². The van der Waals surface area contributed by atoms with Gasteiger partial charge in [0.25, 0.3) is 0 Å². The zero-order valence-corrected chi connectivity index (χ0v) is 22.4. The Morgan fingerprint density at radius 3 is 2.03 bits per heavy atom. The lowest BCUT2D eigenvalue weighted by Gasteiger charge is -2.40. The van der Waals surface area contributed by atoms with Crippen molar-refractivity contribution >= 4 is 16.0 Å². The van der Waals surface area contributed by atoms with E-state index in [4.69, 9.17) is 4.74 Å². The van der Waals surface area contributed by atoms with Crippen LogP contribution in [0, 0.1) is 0 Å². The summed E-state index contributed by atoms with van der Waals surface area (Å²) in [4.78, 5) is 15.6. The fraction of sp³-hybridized carbons (Fsp3) is 0.367. The lowest BCUT2D eigenvalue weighted by Crippen LogP contribution is -2.48. The second-order valence-corrected chi connectivity index (χ2v) is 11.8. The third kappa shape index (κ3) is 6.12. The molecule has 37 heavy (non-hydrogen) atoms. The molecule has 0 bridgehead atoms.